The summed E-state index contributed by atoms with van der Waals surface area (Å²) >= 11 is 5.68. The first kappa shape index (κ1) is 9.98. The molecule has 0 aliphatic rings. The van der Waals surface area contributed by atoms with Crippen molar-refractivity contribution in [3.05, 3.63) is 41.2 Å². The van der Waals surface area contributed by atoms with Gasteiger partial charge in [-0.15, -0.1) is 0 Å². The molecule has 0 aliphatic heterocycles. The van der Waals surface area contributed by atoms with Crippen LogP contribution >= 0.6 is 11.6 Å². The lowest BCUT2D eigenvalue weighted by Crippen LogP contribution is -1.99. The zero-order valence-electron chi connectivity index (χ0n) is 8.29. The molecule has 15 heavy (non-hydrogen) atoms. The predicted octanol–water partition coefficient (Wildman–Crippen LogP) is 2.38. The molecular formula is C10H11ClN4. The van der Waals surface area contributed by atoms with Gasteiger partial charge in [0.25, 0.3) is 0 Å². The number of rotatable bonds is 3. The number of pyridine rings is 1. The second kappa shape index (κ2) is 4.31. The van der Waals surface area contributed by atoms with Gasteiger partial charge in [-0.05, 0) is 19.1 Å². The first-order valence-corrected chi connectivity index (χ1v) is 4.98. The minimum absolute atomic E-state index is 0.498. The van der Waals surface area contributed by atoms with Gasteiger partial charge in [0.2, 0.25) is 0 Å². The molecule has 0 atom stereocenters. The van der Waals surface area contributed by atoms with E-state index in [4.69, 9.17) is 11.6 Å². The molecule has 0 aromatic carbocycles. The zero-order chi connectivity index (χ0) is 10.7. The Labute approximate surface area is 92.7 Å². The van der Waals surface area contributed by atoms with Crippen LogP contribution in [0.15, 0.2) is 24.5 Å². The van der Waals surface area contributed by atoms with Gasteiger partial charge in [0.05, 0.1) is 30.3 Å². The predicted molar refractivity (Wildman–Crippen MR) is 59.9 cm³/mol. The van der Waals surface area contributed by atoms with Gasteiger partial charge in [0.15, 0.2) is 0 Å². The highest BCUT2D eigenvalue weighted by molar-refractivity contribution is 6.29. The number of hydrogen-bond donors (Lipinski definition) is 2. The third-order valence-corrected chi connectivity index (χ3v) is 2.19. The fraction of sp³-hybridized carbons (Fsp3) is 0.200. The number of aromatic amines is 1. The van der Waals surface area contributed by atoms with Gasteiger partial charge < -0.3 is 10.3 Å². The van der Waals surface area contributed by atoms with Crippen molar-refractivity contribution >= 4 is 17.3 Å². The van der Waals surface area contributed by atoms with E-state index < -0.39 is 0 Å². The summed E-state index contributed by atoms with van der Waals surface area (Å²) in [5.74, 6) is 0.918. The number of anilines is 1. The van der Waals surface area contributed by atoms with Crippen molar-refractivity contribution in [1.29, 1.82) is 0 Å². The number of halogens is 1. The molecule has 5 heteroatoms. The average Bonchev–Trinajstić information content (AvgIpc) is 2.64. The molecule has 2 N–H and O–H groups in total. The molecule has 0 spiro atoms. The number of nitrogens with one attached hydrogen (secondary N) is 2. The monoisotopic (exact) mass is 222 g/mol. The van der Waals surface area contributed by atoms with Crippen molar-refractivity contribution in [3.63, 3.8) is 0 Å². The molecule has 0 saturated carbocycles. The highest BCUT2D eigenvalue weighted by atomic mass is 35.5. The van der Waals surface area contributed by atoms with Crippen molar-refractivity contribution in [2.75, 3.05) is 5.32 Å². The minimum atomic E-state index is 0.498. The van der Waals surface area contributed by atoms with Crippen LogP contribution < -0.4 is 5.32 Å². The Morgan fingerprint density at radius 3 is 2.80 bits per heavy atom. The Bertz CT molecular complexity index is 435. The quantitative estimate of drug-likeness (QED) is 0.784. The Balaban J connectivity index is 1.96. The highest BCUT2D eigenvalue weighted by Gasteiger charge is 1.97. The third-order valence-electron chi connectivity index (χ3n) is 1.97. The molecule has 2 rings (SSSR count). The molecule has 2 aromatic rings. The van der Waals surface area contributed by atoms with Crippen LogP contribution in [0.4, 0.5) is 5.69 Å². The number of nitrogens with zero attached hydrogens (tertiary/aromatic N) is 2. The van der Waals surface area contributed by atoms with E-state index in [-0.39, 0.29) is 0 Å². The van der Waals surface area contributed by atoms with Crippen LogP contribution in [-0.4, -0.2) is 15.0 Å². The number of H-pyrrole nitrogens is 1. The molecular weight excluding hydrogens is 212 g/mol. The summed E-state index contributed by atoms with van der Waals surface area (Å²) in [7, 11) is 0. The summed E-state index contributed by atoms with van der Waals surface area (Å²) in [6.07, 6.45) is 3.51. The summed E-state index contributed by atoms with van der Waals surface area (Å²) in [5.41, 5.74) is 1.98. The Hall–Kier alpha value is -1.55. The molecule has 0 fully saturated rings. The first-order valence-electron chi connectivity index (χ1n) is 4.60. The van der Waals surface area contributed by atoms with Crippen molar-refractivity contribution in [3.8, 4) is 0 Å². The first-order chi connectivity index (χ1) is 7.24. The lowest BCUT2D eigenvalue weighted by atomic mass is 10.4. The molecule has 0 unspecified atom stereocenters. The van der Waals surface area contributed by atoms with E-state index in [0.29, 0.717) is 11.7 Å². The third kappa shape index (κ3) is 2.70. The van der Waals surface area contributed by atoms with E-state index in [2.05, 4.69) is 20.3 Å². The molecule has 2 aromatic heterocycles. The normalized spacial score (nSPS) is 10.3. The second-order valence-corrected chi connectivity index (χ2v) is 3.60. The molecule has 0 bridgehead atoms. The maximum Gasteiger partial charge on any atom is 0.129 e. The zero-order valence-corrected chi connectivity index (χ0v) is 9.04. The number of imidazole rings is 1. The molecule has 0 radical (unpaired) electrons. The second-order valence-electron chi connectivity index (χ2n) is 3.22. The molecule has 2 heterocycles. The summed E-state index contributed by atoms with van der Waals surface area (Å²) in [6, 6.07) is 3.64. The Kier molecular flexibility index (Phi) is 2.87. The minimum Gasteiger partial charge on any atom is -0.378 e. The van der Waals surface area contributed by atoms with E-state index in [9.17, 15) is 0 Å². The van der Waals surface area contributed by atoms with E-state index >= 15 is 0 Å². The summed E-state index contributed by atoms with van der Waals surface area (Å²) in [5, 5.41) is 3.71. The van der Waals surface area contributed by atoms with Crippen LogP contribution in [0.2, 0.25) is 5.15 Å². The van der Waals surface area contributed by atoms with Crippen LogP contribution in [0.3, 0.4) is 0 Å². The van der Waals surface area contributed by atoms with Gasteiger partial charge in [-0.1, -0.05) is 11.6 Å². The molecule has 4 nitrogen and oxygen atoms in total. The smallest absolute Gasteiger partial charge is 0.129 e. The van der Waals surface area contributed by atoms with Gasteiger partial charge in [-0.25, -0.2) is 9.97 Å². The van der Waals surface area contributed by atoms with Gasteiger partial charge in [-0.2, -0.15) is 0 Å². The SMILES string of the molecule is Cc1ncc(CNc2ccc(Cl)nc2)[nH]1. The van der Waals surface area contributed by atoms with E-state index in [1.54, 1.807) is 12.3 Å². The van der Waals surface area contributed by atoms with E-state index in [0.717, 1.165) is 17.2 Å². The van der Waals surface area contributed by atoms with Gasteiger partial charge >= 0.3 is 0 Å². The van der Waals surface area contributed by atoms with Crippen LogP contribution in [0, 0.1) is 6.92 Å². The maximum atomic E-state index is 5.68. The summed E-state index contributed by atoms with van der Waals surface area (Å²) < 4.78 is 0. The largest absolute Gasteiger partial charge is 0.378 e. The van der Waals surface area contributed by atoms with E-state index in [1.807, 2.05) is 19.2 Å². The van der Waals surface area contributed by atoms with Gasteiger partial charge in [0, 0.05) is 0 Å². The number of aryl methyl sites for hydroxylation is 1. The van der Waals surface area contributed by atoms with Crippen LogP contribution in [0.1, 0.15) is 11.5 Å². The lowest BCUT2D eigenvalue weighted by molar-refractivity contribution is 1.04. The Morgan fingerprint density at radius 2 is 2.20 bits per heavy atom. The summed E-state index contributed by atoms with van der Waals surface area (Å²) in [4.78, 5) is 11.2. The molecule has 0 saturated heterocycles. The fourth-order valence-electron chi connectivity index (χ4n) is 1.24. The fourth-order valence-corrected chi connectivity index (χ4v) is 1.35. The van der Waals surface area contributed by atoms with Crippen molar-refractivity contribution < 1.29 is 0 Å². The van der Waals surface area contributed by atoms with Crippen molar-refractivity contribution in [1.82, 2.24) is 15.0 Å². The van der Waals surface area contributed by atoms with Gasteiger partial charge in [0.1, 0.15) is 11.0 Å². The van der Waals surface area contributed by atoms with Crippen LogP contribution in [0.5, 0.6) is 0 Å². The Morgan fingerprint density at radius 1 is 1.33 bits per heavy atom. The highest BCUT2D eigenvalue weighted by Crippen LogP contribution is 2.10. The average molecular weight is 223 g/mol. The van der Waals surface area contributed by atoms with Crippen LogP contribution in [-0.2, 0) is 6.54 Å². The summed E-state index contributed by atoms with van der Waals surface area (Å²) in [6.45, 7) is 2.62. The molecule has 0 aliphatic carbocycles. The standard InChI is InChI=1S/C10H11ClN4/c1-7-12-5-9(15-7)6-13-8-2-3-10(11)14-4-8/h2-5,13H,6H2,1H3,(H,12,15). The number of hydrogen-bond acceptors (Lipinski definition) is 3. The number of aromatic nitrogens is 3. The molecule has 78 valence electrons. The topological polar surface area (TPSA) is 53.6 Å². The maximum absolute atomic E-state index is 5.68. The van der Waals surface area contributed by atoms with Crippen molar-refractivity contribution in [2.45, 2.75) is 13.5 Å². The van der Waals surface area contributed by atoms with Gasteiger partial charge in [-0.3, -0.25) is 0 Å². The van der Waals surface area contributed by atoms with E-state index in [1.165, 1.54) is 0 Å². The molecule has 0 amide bonds. The van der Waals surface area contributed by atoms with Crippen LogP contribution in [0.25, 0.3) is 0 Å². The van der Waals surface area contributed by atoms with Crippen molar-refractivity contribution in [2.24, 2.45) is 0 Å². The lowest BCUT2D eigenvalue weighted by Gasteiger charge is -2.03.